The van der Waals surface area contributed by atoms with Gasteiger partial charge < -0.3 is 0 Å². The summed E-state index contributed by atoms with van der Waals surface area (Å²) in [4.78, 5) is 0. The Morgan fingerprint density at radius 2 is 1.50 bits per heavy atom. The molecule has 2 nitrogen and oxygen atoms in total. The molecule has 0 bridgehead atoms. The fraction of sp³-hybridized carbons (Fsp3) is 1.00. The summed E-state index contributed by atoms with van der Waals surface area (Å²) in [5.41, 5.74) is 3.00. The first-order valence-corrected chi connectivity index (χ1v) is 8.33. The first-order valence-electron chi connectivity index (χ1n) is 8.33. The minimum absolute atomic E-state index is 0.585. The molecule has 0 spiro atoms. The molecule has 0 aromatic rings. The van der Waals surface area contributed by atoms with Crippen molar-refractivity contribution >= 4 is 0 Å². The van der Waals surface area contributed by atoms with Crippen molar-refractivity contribution in [1.82, 2.24) is 5.43 Å². The molecule has 1 unspecified atom stereocenters. The van der Waals surface area contributed by atoms with Gasteiger partial charge in [-0.05, 0) is 18.8 Å². The second-order valence-electron chi connectivity index (χ2n) is 6.16. The molecular formula is C16H34N2. The summed E-state index contributed by atoms with van der Waals surface area (Å²) in [6.45, 7) is 2.28. The van der Waals surface area contributed by atoms with Gasteiger partial charge in [0.15, 0.2) is 0 Å². The van der Waals surface area contributed by atoms with Crippen molar-refractivity contribution in [1.29, 1.82) is 0 Å². The zero-order valence-corrected chi connectivity index (χ0v) is 12.4. The topological polar surface area (TPSA) is 38.0 Å². The average Bonchev–Trinajstić information content (AvgIpc) is 3.19. The molecule has 0 heterocycles. The van der Waals surface area contributed by atoms with Crippen molar-refractivity contribution in [3.05, 3.63) is 0 Å². The zero-order chi connectivity index (χ0) is 13.1. The van der Waals surface area contributed by atoms with E-state index in [1.165, 1.54) is 83.5 Å². The number of unbranched alkanes of at least 4 members (excludes halogenated alkanes) is 8. The van der Waals surface area contributed by atoms with Crippen LogP contribution in [0, 0.1) is 5.92 Å². The van der Waals surface area contributed by atoms with Gasteiger partial charge in [-0.3, -0.25) is 11.3 Å². The highest BCUT2D eigenvalue weighted by atomic mass is 15.2. The van der Waals surface area contributed by atoms with Crippen LogP contribution in [-0.2, 0) is 0 Å². The fourth-order valence-electron chi connectivity index (χ4n) is 2.73. The van der Waals surface area contributed by atoms with Crippen LogP contribution in [0.4, 0.5) is 0 Å². The highest BCUT2D eigenvalue weighted by Crippen LogP contribution is 2.34. The average molecular weight is 254 g/mol. The van der Waals surface area contributed by atoms with Crippen LogP contribution in [-0.4, -0.2) is 6.04 Å². The molecule has 1 rings (SSSR count). The van der Waals surface area contributed by atoms with Crippen molar-refractivity contribution in [3.8, 4) is 0 Å². The van der Waals surface area contributed by atoms with Crippen LogP contribution in [0.5, 0.6) is 0 Å². The number of hydrogen-bond donors (Lipinski definition) is 2. The summed E-state index contributed by atoms with van der Waals surface area (Å²) in [5, 5.41) is 0. The maximum absolute atomic E-state index is 5.61. The fourth-order valence-corrected chi connectivity index (χ4v) is 2.73. The molecule has 1 aliphatic rings. The predicted octanol–water partition coefficient (Wildman–Crippen LogP) is 4.54. The van der Waals surface area contributed by atoms with Gasteiger partial charge in [0.05, 0.1) is 0 Å². The molecule has 0 aromatic carbocycles. The predicted molar refractivity (Wildman–Crippen MR) is 80.3 cm³/mol. The van der Waals surface area contributed by atoms with Gasteiger partial charge in [-0.15, -0.1) is 0 Å². The molecule has 18 heavy (non-hydrogen) atoms. The van der Waals surface area contributed by atoms with Gasteiger partial charge in [0.1, 0.15) is 0 Å². The van der Waals surface area contributed by atoms with Crippen LogP contribution in [0.25, 0.3) is 0 Å². The minimum Gasteiger partial charge on any atom is -0.271 e. The number of hydrazine groups is 1. The zero-order valence-electron chi connectivity index (χ0n) is 12.4. The lowest BCUT2D eigenvalue weighted by Gasteiger charge is -2.14. The van der Waals surface area contributed by atoms with Crippen LogP contribution >= 0.6 is 0 Å². The van der Waals surface area contributed by atoms with E-state index < -0.39 is 0 Å². The van der Waals surface area contributed by atoms with Crippen LogP contribution in [0.15, 0.2) is 0 Å². The van der Waals surface area contributed by atoms with E-state index in [-0.39, 0.29) is 0 Å². The summed E-state index contributed by atoms with van der Waals surface area (Å²) < 4.78 is 0. The van der Waals surface area contributed by atoms with Crippen molar-refractivity contribution < 1.29 is 0 Å². The van der Waals surface area contributed by atoms with E-state index >= 15 is 0 Å². The van der Waals surface area contributed by atoms with Crippen LogP contribution in [0.2, 0.25) is 0 Å². The Balaban J connectivity index is 1.79. The summed E-state index contributed by atoms with van der Waals surface area (Å²) in [6.07, 6.45) is 18.2. The maximum atomic E-state index is 5.61. The van der Waals surface area contributed by atoms with E-state index in [0.29, 0.717) is 6.04 Å². The first kappa shape index (κ1) is 16.0. The van der Waals surface area contributed by atoms with E-state index in [1.807, 2.05) is 0 Å². The van der Waals surface area contributed by atoms with E-state index in [4.69, 9.17) is 5.84 Å². The molecular weight excluding hydrogens is 220 g/mol. The van der Waals surface area contributed by atoms with E-state index in [9.17, 15) is 0 Å². The lowest BCUT2D eigenvalue weighted by molar-refractivity contribution is 0.420. The van der Waals surface area contributed by atoms with Gasteiger partial charge in [-0.2, -0.15) is 0 Å². The lowest BCUT2D eigenvalue weighted by Crippen LogP contribution is -2.35. The standard InChI is InChI=1S/C16H34N2/c1-2-3-4-5-6-7-8-9-10-11-16(18-17)14-15-12-13-15/h15-16,18H,2-14,17H2,1H3. The molecule has 1 aliphatic carbocycles. The Labute approximate surface area is 114 Å². The van der Waals surface area contributed by atoms with Crippen molar-refractivity contribution in [2.75, 3.05) is 0 Å². The molecule has 0 aromatic heterocycles. The summed E-state index contributed by atoms with van der Waals surface area (Å²) in [6, 6.07) is 0.585. The highest BCUT2D eigenvalue weighted by molar-refractivity contribution is 4.79. The molecule has 0 aliphatic heterocycles. The van der Waals surface area contributed by atoms with Crippen LogP contribution < -0.4 is 11.3 Å². The third kappa shape index (κ3) is 8.93. The minimum atomic E-state index is 0.585. The number of nitrogens with two attached hydrogens (primary N) is 1. The van der Waals surface area contributed by atoms with Crippen molar-refractivity contribution in [2.24, 2.45) is 11.8 Å². The Bertz CT molecular complexity index is 178. The SMILES string of the molecule is CCCCCCCCCCCC(CC1CC1)NN. The normalized spacial score (nSPS) is 17.0. The molecule has 0 radical (unpaired) electrons. The van der Waals surface area contributed by atoms with Gasteiger partial charge in [-0.25, -0.2) is 0 Å². The quantitative estimate of drug-likeness (QED) is 0.288. The summed E-state index contributed by atoms with van der Waals surface area (Å²) in [5.74, 6) is 6.60. The molecule has 3 N–H and O–H groups in total. The Hall–Kier alpha value is -0.0800. The second kappa shape index (κ2) is 10.8. The smallest absolute Gasteiger partial charge is 0.0213 e. The summed E-state index contributed by atoms with van der Waals surface area (Å²) >= 11 is 0. The van der Waals surface area contributed by atoms with Gasteiger partial charge in [0, 0.05) is 6.04 Å². The van der Waals surface area contributed by atoms with Gasteiger partial charge in [0.25, 0.3) is 0 Å². The van der Waals surface area contributed by atoms with Crippen molar-refractivity contribution in [3.63, 3.8) is 0 Å². The maximum Gasteiger partial charge on any atom is 0.0213 e. The Morgan fingerprint density at radius 1 is 0.944 bits per heavy atom. The lowest BCUT2D eigenvalue weighted by atomic mass is 10.0. The highest BCUT2D eigenvalue weighted by Gasteiger charge is 2.24. The monoisotopic (exact) mass is 254 g/mol. The van der Waals surface area contributed by atoms with Crippen LogP contribution in [0.1, 0.15) is 90.4 Å². The molecule has 0 amide bonds. The number of nitrogens with one attached hydrogen (secondary N) is 1. The van der Waals surface area contributed by atoms with Gasteiger partial charge in [0.2, 0.25) is 0 Å². The second-order valence-corrected chi connectivity index (χ2v) is 6.16. The first-order chi connectivity index (χ1) is 8.86. The van der Waals surface area contributed by atoms with Gasteiger partial charge >= 0.3 is 0 Å². The van der Waals surface area contributed by atoms with E-state index in [0.717, 1.165) is 5.92 Å². The third-order valence-electron chi connectivity index (χ3n) is 4.21. The van der Waals surface area contributed by atoms with Gasteiger partial charge in [-0.1, -0.05) is 77.6 Å². The molecule has 0 saturated heterocycles. The van der Waals surface area contributed by atoms with E-state index in [1.54, 1.807) is 0 Å². The van der Waals surface area contributed by atoms with E-state index in [2.05, 4.69) is 12.3 Å². The van der Waals surface area contributed by atoms with Crippen LogP contribution in [0.3, 0.4) is 0 Å². The Morgan fingerprint density at radius 3 is 2.00 bits per heavy atom. The number of rotatable bonds is 13. The molecule has 108 valence electrons. The molecule has 1 saturated carbocycles. The third-order valence-corrected chi connectivity index (χ3v) is 4.21. The summed E-state index contributed by atoms with van der Waals surface area (Å²) in [7, 11) is 0. The Kier molecular flexibility index (Phi) is 9.59. The molecule has 1 atom stereocenters. The largest absolute Gasteiger partial charge is 0.271 e. The number of hydrogen-bond acceptors (Lipinski definition) is 2. The van der Waals surface area contributed by atoms with Crippen molar-refractivity contribution in [2.45, 2.75) is 96.4 Å². The molecule has 1 fully saturated rings. The molecule has 2 heteroatoms.